The van der Waals surface area contributed by atoms with Crippen LogP contribution in [0, 0.1) is 0 Å². The minimum atomic E-state index is -4.99. The van der Waals surface area contributed by atoms with Gasteiger partial charge in [-0.25, -0.2) is 14.1 Å². The van der Waals surface area contributed by atoms with Crippen LogP contribution >= 0.6 is 11.3 Å². The summed E-state index contributed by atoms with van der Waals surface area (Å²) < 4.78 is 33.7. The maximum atomic E-state index is 13.2. The maximum Gasteiger partial charge on any atom is 0.362 e. The van der Waals surface area contributed by atoms with E-state index >= 15 is 0 Å². The van der Waals surface area contributed by atoms with Gasteiger partial charge in [-0.3, -0.25) is 14.1 Å². The standard InChI is InChI=1S/C20H28N10O8S2/c1-10(23-6-2-5-21)11-7-24-29(27-11)8-13-15(17(32)30(13)40(35,36)37)26-16(31)14(12-9-39-19(22)25-12)28-38-20(3-4-20)18(33)34/h7,9-10,13,15,23H,2-6,8,21H2,1H3,(H2,22,25)(H,26,31)(H,33,34)(H,35,36,37)/t10-,13-,15-/m0/s1. The number of aliphatic carboxylic acids is 1. The molecular weight excluding hydrogens is 572 g/mol. The molecule has 0 spiro atoms. The molecule has 218 valence electrons. The summed E-state index contributed by atoms with van der Waals surface area (Å²) in [6.07, 6.45) is 2.55. The third-order valence-electron chi connectivity index (χ3n) is 6.27. The molecule has 2 aromatic rings. The van der Waals surface area contributed by atoms with Crippen molar-refractivity contribution in [1.82, 2.24) is 34.9 Å². The molecule has 18 nitrogen and oxygen atoms in total. The number of amides is 2. The molecule has 0 bridgehead atoms. The molecule has 1 saturated carbocycles. The zero-order chi connectivity index (χ0) is 29.2. The van der Waals surface area contributed by atoms with E-state index in [2.05, 4.69) is 31.0 Å². The van der Waals surface area contributed by atoms with Crippen LogP contribution in [-0.2, 0) is 36.1 Å². The lowest BCUT2D eigenvalue weighted by Crippen LogP contribution is -2.73. The Hall–Kier alpha value is -3.72. The lowest BCUT2D eigenvalue weighted by molar-refractivity contribution is -0.153. The fraction of sp³-hybridized carbons (Fsp3) is 0.550. The minimum Gasteiger partial charge on any atom is -0.478 e. The van der Waals surface area contributed by atoms with Crippen molar-refractivity contribution in [1.29, 1.82) is 0 Å². The SMILES string of the molecule is C[C@H](NCCCN)c1cnn(C[C@H]2[C@H](NC(=O)C(=NOC3(C(=O)O)CC3)c3csc(N)n3)C(=O)N2S(=O)(=O)O)n1. The fourth-order valence-corrected chi connectivity index (χ4v) is 5.25. The number of carboxylic acid groups (broad SMARTS) is 1. The summed E-state index contributed by atoms with van der Waals surface area (Å²) in [6.45, 7) is 2.68. The average Bonchev–Trinajstić information content (AvgIpc) is 3.32. The van der Waals surface area contributed by atoms with Crippen LogP contribution in [0.1, 0.15) is 43.6 Å². The molecule has 40 heavy (non-hydrogen) atoms. The molecule has 4 rings (SSSR count). The summed E-state index contributed by atoms with van der Waals surface area (Å²) in [5, 5.41) is 28.5. The molecule has 2 fully saturated rings. The van der Waals surface area contributed by atoms with Gasteiger partial charge in [0.05, 0.1) is 24.5 Å². The first kappa shape index (κ1) is 29.3. The first-order valence-electron chi connectivity index (χ1n) is 12.0. The Morgan fingerprint density at radius 1 is 1.40 bits per heavy atom. The van der Waals surface area contributed by atoms with Crippen molar-refractivity contribution >= 4 is 50.3 Å². The van der Waals surface area contributed by atoms with Gasteiger partial charge in [0.15, 0.2) is 10.8 Å². The zero-order valence-electron chi connectivity index (χ0n) is 21.1. The molecule has 8 N–H and O–H groups in total. The summed E-state index contributed by atoms with van der Waals surface area (Å²) in [5.74, 6) is -3.40. The molecule has 3 heterocycles. The number of carboxylic acids is 1. The number of nitrogens with two attached hydrogens (primary N) is 2. The summed E-state index contributed by atoms with van der Waals surface area (Å²) in [7, 11) is -4.99. The van der Waals surface area contributed by atoms with E-state index in [1.807, 2.05) is 6.92 Å². The van der Waals surface area contributed by atoms with E-state index in [0.717, 1.165) is 22.6 Å². The van der Waals surface area contributed by atoms with E-state index < -0.39 is 51.5 Å². The number of carbonyl (C=O) groups excluding carboxylic acids is 2. The first-order chi connectivity index (χ1) is 18.9. The summed E-state index contributed by atoms with van der Waals surface area (Å²) in [4.78, 5) is 47.6. The second-order valence-corrected chi connectivity index (χ2v) is 11.4. The van der Waals surface area contributed by atoms with Crippen molar-refractivity contribution in [3.8, 4) is 0 Å². The van der Waals surface area contributed by atoms with E-state index in [0.29, 0.717) is 18.8 Å². The lowest BCUT2D eigenvalue weighted by Gasteiger charge is -2.43. The van der Waals surface area contributed by atoms with Gasteiger partial charge in [0, 0.05) is 18.2 Å². The molecule has 20 heteroatoms. The monoisotopic (exact) mass is 600 g/mol. The van der Waals surface area contributed by atoms with E-state index in [1.54, 1.807) is 0 Å². The highest BCUT2D eigenvalue weighted by Crippen LogP contribution is 2.40. The highest BCUT2D eigenvalue weighted by Gasteiger charge is 2.56. The van der Waals surface area contributed by atoms with Crippen LogP contribution in [0.5, 0.6) is 0 Å². The molecule has 1 saturated heterocycles. The molecule has 2 aliphatic rings. The molecule has 1 aliphatic carbocycles. The van der Waals surface area contributed by atoms with Crippen LogP contribution < -0.4 is 22.1 Å². The normalized spacial score (nSPS) is 21.0. The second kappa shape index (κ2) is 11.4. The maximum absolute atomic E-state index is 13.2. The largest absolute Gasteiger partial charge is 0.478 e. The van der Waals surface area contributed by atoms with Gasteiger partial charge in [0.2, 0.25) is 5.60 Å². The predicted molar refractivity (Wildman–Crippen MR) is 138 cm³/mol. The molecular formula is C20H28N10O8S2. The van der Waals surface area contributed by atoms with E-state index in [4.69, 9.17) is 16.3 Å². The number of β-lactam (4-membered cyclic amide) rings is 1. The Balaban J connectivity index is 1.53. The Labute approximate surface area is 231 Å². The van der Waals surface area contributed by atoms with Gasteiger partial charge in [0.25, 0.3) is 11.8 Å². The molecule has 2 amide bonds. The number of nitrogens with zero attached hydrogens (tertiary/aromatic N) is 6. The lowest BCUT2D eigenvalue weighted by atomic mass is 9.98. The van der Waals surface area contributed by atoms with Gasteiger partial charge in [-0.15, -0.1) is 11.3 Å². The minimum absolute atomic E-state index is 0.0503. The number of anilines is 1. The molecule has 1 aliphatic heterocycles. The van der Waals surface area contributed by atoms with Crippen molar-refractivity contribution in [3.63, 3.8) is 0 Å². The van der Waals surface area contributed by atoms with E-state index in [-0.39, 0.29) is 40.6 Å². The molecule has 0 unspecified atom stereocenters. The van der Waals surface area contributed by atoms with E-state index in [9.17, 15) is 32.5 Å². The average molecular weight is 601 g/mol. The number of nitrogen functional groups attached to an aromatic ring is 1. The number of oxime groups is 1. The van der Waals surface area contributed by atoms with Crippen molar-refractivity contribution in [3.05, 3.63) is 23.0 Å². The van der Waals surface area contributed by atoms with Gasteiger partial charge in [-0.05, 0) is 26.4 Å². The van der Waals surface area contributed by atoms with Gasteiger partial charge < -0.3 is 32.0 Å². The van der Waals surface area contributed by atoms with Crippen LogP contribution in [0.3, 0.4) is 0 Å². The highest BCUT2D eigenvalue weighted by atomic mass is 32.2. The number of hydrogen-bond acceptors (Lipinski definition) is 14. The Bertz CT molecular complexity index is 1420. The molecule has 3 atom stereocenters. The van der Waals surface area contributed by atoms with Crippen LogP contribution in [0.2, 0.25) is 0 Å². The van der Waals surface area contributed by atoms with Crippen LogP contribution in [-0.4, -0.2) is 96.6 Å². The van der Waals surface area contributed by atoms with Crippen molar-refractivity contribution in [2.45, 2.75) is 56.5 Å². The van der Waals surface area contributed by atoms with Crippen LogP contribution in [0.25, 0.3) is 0 Å². The molecule has 2 aromatic heterocycles. The number of rotatable bonds is 14. The predicted octanol–water partition coefficient (Wildman–Crippen LogP) is -2.15. The number of nitrogens with one attached hydrogen (secondary N) is 2. The number of hydrogen-bond donors (Lipinski definition) is 6. The highest BCUT2D eigenvalue weighted by molar-refractivity contribution is 7.84. The summed E-state index contributed by atoms with van der Waals surface area (Å²) in [6, 6.07) is -2.95. The van der Waals surface area contributed by atoms with Gasteiger partial charge in [0.1, 0.15) is 17.8 Å². The second-order valence-electron chi connectivity index (χ2n) is 9.17. The van der Waals surface area contributed by atoms with Crippen LogP contribution in [0.15, 0.2) is 16.7 Å². The smallest absolute Gasteiger partial charge is 0.362 e. The van der Waals surface area contributed by atoms with Crippen molar-refractivity contribution in [2.75, 3.05) is 18.8 Å². The van der Waals surface area contributed by atoms with Gasteiger partial charge in [-0.2, -0.15) is 23.4 Å². The Morgan fingerprint density at radius 2 is 2.12 bits per heavy atom. The van der Waals surface area contributed by atoms with Crippen LogP contribution in [0.4, 0.5) is 5.13 Å². The molecule has 0 radical (unpaired) electrons. The quantitative estimate of drug-likeness (QED) is 0.0444. The number of thiazole rings is 1. The van der Waals surface area contributed by atoms with Crippen molar-refractivity contribution in [2.24, 2.45) is 10.9 Å². The first-order valence-corrected chi connectivity index (χ1v) is 14.3. The Morgan fingerprint density at radius 3 is 2.70 bits per heavy atom. The fourth-order valence-electron chi connectivity index (χ4n) is 3.83. The Kier molecular flexibility index (Phi) is 8.35. The third-order valence-corrected chi connectivity index (χ3v) is 7.89. The number of carbonyl (C=O) groups is 3. The van der Waals surface area contributed by atoms with Gasteiger partial charge in [-0.1, -0.05) is 5.16 Å². The third kappa shape index (κ3) is 6.20. The number of aromatic nitrogens is 4. The van der Waals surface area contributed by atoms with Crippen molar-refractivity contribution < 1.29 is 37.3 Å². The summed E-state index contributed by atoms with van der Waals surface area (Å²) >= 11 is 0.976. The topological polar surface area (TPSA) is 270 Å². The van der Waals surface area contributed by atoms with E-state index in [1.165, 1.54) is 11.6 Å². The van der Waals surface area contributed by atoms with Gasteiger partial charge >= 0.3 is 16.3 Å². The summed E-state index contributed by atoms with van der Waals surface area (Å²) in [5.41, 5.74) is 9.57. The molecule has 0 aromatic carbocycles. The zero-order valence-corrected chi connectivity index (χ0v) is 22.8.